The molecule has 0 amide bonds. The van der Waals surface area contributed by atoms with Crippen molar-refractivity contribution in [1.29, 1.82) is 0 Å². The molecule has 6 nitrogen and oxygen atoms in total. The van der Waals surface area contributed by atoms with Gasteiger partial charge in [0.15, 0.2) is 6.04 Å². The third-order valence-electron chi connectivity index (χ3n) is 2.73. The molecule has 2 aromatic rings. The van der Waals surface area contributed by atoms with E-state index in [4.69, 9.17) is 0 Å². The fourth-order valence-electron chi connectivity index (χ4n) is 1.73. The van der Waals surface area contributed by atoms with Crippen LogP contribution in [0, 0.1) is 10.1 Å². The SMILES string of the molecule is CC(N=C(Cc1ccc[nH]1)[N+](=O)[O-])c1cccnc1. The molecule has 1 unspecified atom stereocenters. The summed E-state index contributed by atoms with van der Waals surface area (Å²) in [7, 11) is 0. The fraction of sp³-hybridized carbons (Fsp3) is 0.231. The van der Waals surface area contributed by atoms with Gasteiger partial charge in [0, 0.05) is 29.8 Å². The van der Waals surface area contributed by atoms with E-state index in [2.05, 4.69) is 15.0 Å². The molecule has 0 saturated heterocycles. The summed E-state index contributed by atoms with van der Waals surface area (Å²) in [6.07, 6.45) is 5.25. The Morgan fingerprint density at radius 1 is 1.53 bits per heavy atom. The van der Waals surface area contributed by atoms with Crippen LogP contribution in [0.2, 0.25) is 0 Å². The number of nitrogens with one attached hydrogen (secondary N) is 1. The van der Waals surface area contributed by atoms with Gasteiger partial charge in [0.25, 0.3) is 0 Å². The first-order valence-electron chi connectivity index (χ1n) is 5.90. The summed E-state index contributed by atoms with van der Waals surface area (Å²) in [5.74, 6) is -0.0567. The normalized spacial score (nSPS) is 13.2. The maximum absolute atomic E-state index is 11.0. The van der Waals surface area contributed by atoms with Crippen molar-refractivity contribution in [3.05, 3.63) is 64.2 Å². The van der Waals surface area contributed by atoms with Crippen LogP contribution in [0.1, 0.15) is 24.2 Å². The van der Waals surface area contributed by atoms with E-state index >= 15 is 0 Å². The van der Waals surface area contributed by atoms with E-state index in [-0.39, 0.29) is 18.3 Å². The van der Waals surface area contributed by atoms with Crippen LogP contribution in [0.4, 0.5) is 0 Å². The van der Waals surface area contributed by atoms with E-state index in [1.54, 1.807) is 36.8 Å². The largest absolute Gasteiger partial charge is 0.364 e. The molecule has 19 heavy (non-hydrogen) atoms. The van der Waals surface area contributed by atoms with Crippen LogP contribution in [-0.2, 0) is 6.42 Å². The molecule has 1 N–H and O–H groups in total. The van der Waals surface area contributed by atoms with E-state index in [9.17, 15) is 10.1 Å². The Hall–Kier alpha value is -2.50. The summed E-state index contributed by atoms with van der Waals surface area (Å²) in [5, 5.41) is 11.0. The lowest BCUT2D eigenvalue weighted by Gasteiger charge is -2.03. The number of H-pyrrole nitrogens is 1. The van der Waals surface area contributed by atoms with Crippen molar-refractivity contribution in [3.63, 3.8) is 0 Å². The number of aromatic amines is 1. The maximum Gasteiger partial charge on any atom is 0.339 e. The molecular formula is C13H14N4O2. The van der Waals surface area contributed by atoms with Crippen LogP contribution in [0.25, 0.3) is 0 Å². The van der Waals surface area contributed by atoms with Gasteiger partial charge in [0.1, 0.15) is 0 Å². The van der Waals surface area contributed by atoms with Gasteiger partial charge in [-0.15, -0.1) is 0 Å². The molecule has 2 rings (SSSR count). The van der Waals surface area contributed by atoms with Crippen molar-refractivity contribution in [3.8, 4) is 0 Å². The number of amidine groups is 1. The molecule has 0 bridgehead atoms. The molecular weight excluding hydrogens is 244 g/mol. The lowest BCUT2D eigenvalue weighted by molar-refractivity contribution is -0.353. The van der Waals surface area contributed by atoms with Crippen molar-refractivity contribution >= 4 is 5.84 Å². The molecule has 0 aliphatic carbocycles. The third-order valence-corrected chi connectivity index (χ3v) is 2.73. The monoisotopic (exact) mass is 258 g/mol. The summed E-state index contributed by atoms with van der Waals surface area (Å²) in [6.45, 7) is 1.81. The topological polar surface area (TPSA) is 84.2 Å². The highest BCUT2D eigenvalue weighted by atomic mass is 16.6. The minimum Gasteiger partial charge on any atom is -0.364 e. The van der Waals surface area contributed by atoms with Gasteiger partial charge < -0.3 is 15.1 Å². The number of aliphatic imine (C=N–C) groups is 1. The van der Waals surface area contributed by atoms with Crippen molar-refractivity contribution in [2.24, 2.45) is 4.99 Å². The molecule has 98 valence electrons. The summed E-state index contributed by atoms with van der Waals surface area (Å²) in [4.78, 5) is 21.7. The number of aromatic nitrogens is 2. The number of hydrogen-bond acceptors (Lipinski definition) is 4. The zero-order valence-electron chi connectivity index (χ0n) is 10.5. The first-order chi connectivity index (χ1) is 9.16. The van der Waals surface area contributed by atoms with Crippen molar-refractivity contribution < 1.29 is 4.92 Å². The average Bonchev–Trinajstić information content (AvgIpc) is 2.91. The summed E-state index contributed by atoms with van der Waals surface area (Å²) >= 11 is 0. The molecule has 0 saturated carbocycles. The Labute approximate surface area is 110 Å². The Morgan fingerprint density at radius 2 is 2.37 bits per heavy atom. The second-order valence-electron chi connectivity index (χ2n) is 4.14. The summed E-state index contributed by atoms with van der Waals surface area (Å²) in [5.41, 5.74) is 1.63. The Kier molecular flexibility index (Phi) is 4.02. The number of rotatable bonds is 4. The maximum atomic E-state index is 11.0. The van der Waals surface area contributed by atoms with Crippen LogP contribution < -0.4 is 0 Å². The van der Waals surface area contributed by atoms with Gasteiger partial charge in [-0.3, -0.25) is 4.98 Å². The molecule has 2 heterocycles. The Bertz CT molecular complexity index is 564. The van der Waals surface area contributed by atoms with Crippen LogP contribution in [0.5, 0.6) is 0 Å². The van der Waals surface area contributed by atoms with Crippen molar-refractivity contribution in [2.45, 2.75) is 19.4 Å². The molecule has 0 radical (unpaired) electrons. The van der Waals surface area contributed by atoms with Crippen LogP contribution in [0.3, 0.4) is 0 Å². The molecule has 0 aliphatic heterocycles. The van der Waals surface area contributed by atoms with Gasteiger partial charge in [-0.25, -0.2) is 0 Å². The Balaban J connectivity index is 2.19. The van der Waals surface area contributed by atoms with Crippen LogP contribution in [-0.4, -0.2) is 20.7 Å². The van der Waals surface area contributed by atoms with Gasteiger partial charge in [0.05, 0.1) is 6.42 Å². The van der Waals surface area contributed by atoms with E-state index in [0.29, 0.717) is 0 Å². The summed E-state index contributed by atoms with van der Waals surface area (Å²) in [6, 6.07) is 6.96. The zero-order chi connectivity index (χ0) is 13.7. The van der Waals surface area contributed by atoms with Crippen LogP contribution >= 0.6 is 0 Å². The second kappa shape index (κ2) is 5.90. The lowest BCUT2D eigenvalue weighted by Crippen LogP contribution is -2.16. The van der Waals surface area contributed by atoms with E-state index in [1.165, 1.54) is 0 Å². The summed E-state index contributed by atoms with van der Waals surface area (Å²) < 4.78 is 0. The zero-order valence-corrected chi connectivity index (χ0v) is 10.5. The average molecular weight is 258 g/mol. The van der Waals surface area contributed by atoms with E-state index < -0.39 is 4.92 Å². The first kappa shape index (κ1) is 12.9. The van der Waals surface area contributed by atoms with E-state index in [0.717, 1.165) is 11.3 Å². The fourth-order valence-corrected chi connectivity index (χ4v) is 1.73. The highest BCUT2D eigenvalue weighted by Crippen LogP contribution is 2.16. The first-order valence-corrected chi connectivity index (χ1v) is 5.90. The Morgan fingerprint density at radius 3 is 2.95 bits per heavy atom. The predicted molar refractivity (Wildman–Crippen MR) is 71.6 cm³/mol. The van der Waals surface area contributed by atoms with Gasteiger partial charge in [-0.2, -0.15) is 0 Å². The predicted octanol–water partition coefficient (Wildman–Crippen LogP) is 2.39. The molecule has 6 heteroatoms. The van der Waals surface area contributed by atoms with Crippen molar-refractivity contribution in [1.82, 2.24) is 9.97 Å². The molecule has 0 aromatic carbocycles. The second-order valence-corrected chi connectivity index (χ2v) is 4.14. The number of pyridine rings is 1. The molecule has 2 aromatic heterocycles. The lowest BCUT2D eigenvalue weighted by atomic mass is 10.1. The third kappa shape index (κ3) is 3.48. The van der Waals surface area contributed by atoms with Crippen molar-refractivity contribution in [2.75, 3.05) is 0 Å². The smallest absolute Gasteiger partial charge is 0.339 e. The number of nitrogens with zero attached hydrogens (tertiary/aromatic N) is 3. The van der Waals surface area contributed by atoms with Crippen LogP contribution in [0.15, 0.2) is 47.8 Å². The quantitative estimate of drug-likeness (QED) is 0.395. The number of hydrogen-bond donors (Lipinski definition) is 1. The van der Waals surface area contributed by atoms with Gasteiger partial charge in [-0.05, 0) is 30.0 Å². The molecule has 0 aliphatic rings. The van der Waals surface area contributed by atoms with Gasteiger partial charge in [-0.1, -0.05) is 11.1 Å². The number of nitro groups is 1. The van der Waals surface area contributed by atoms with E-state index in [1.807, 2.05) is 13.0 Å². The minimum atomic E-state index is -0.437. The molecule has 1 atom stereocenters. The molecule has 0 fully saturated rings. The highest BCUT2D eigenvalue weighted by Gasteiger charge is 2.18. The standard InChI is InChI=1S/C13H14N4O2/c1-10(11-4-2-6-14-9-11)16-13(17(18)19)8-12-5-3-7-15-12/h2-7,9-10,15H,8H2,1H3. The van der Waals surface area contributed by atoms with Gasteiger partial charge >= 0.3 is 5.84 Å². The molecule has 0 spiro atoms. The van der Waals surface area contributed by atoms with Gasteiger partial charge in [0.2, 0.25) is 0 Å². The minimum absolute atomic E-state index is 0.0567. The highest BCUT2D eigenvalue weighted by molar-refractivity contribution is 5.76.